The topological polar surface area (TPSA) is 90.4 Å². The molecule has 0 spiro atoms. The molecular weight excluding hydrogens is 334 g/mol. The first kappa shape index (κ1) is 16.8. The standard InChI is InChI=1S/C18H23N5O3/c24-16-11-19-7-10-22(16)12-17(25)21-8-5-13(6-9-21)23-15-4-2-1-3-14(15)20-18(23)26/h1-4,13,19H,5-12H2,(H,20,26). The highest BCUT2D eigenvalue weighted by molar-refractivity contribution is 5.86. The highest BCUT2D eigenvalue weighted by Crippen LogP contribution is 2.24. The smallest absolute Gasteiger partial charge is 0.326 e. The van der Waals surface area contributed by atoms with E-state index in [1.807, 2.05) is 33.7 Å². The van der Waals surface area contributed by atoms with Gasteiger partial charge in [0.1, 0.15) is 0 Å². The van der Waals surface area contributed by atoms with Crippen molar-refractivity contribution in [3.8, 4) is 0 Å². The number of piperidine rings is 1. The molecule has 3 heterocycles. The van der Waals surface area contributed by atoms with Crippen molar-refractivity contribution in [2.75, 3.05) is 39.3 Å². The maximum Gasteiger partial charge on any atom is 0.326 e. The molecule has 0 radical (unpaired) electrons. The molecule has 8 heteroatoms. The summed E-state index contributed by atoms with van der Waals surface area (Å²) in [6.07, 6.45) is 1.48. The SMILES string of the molecule is O=C(CN1CCNCC1=O)N1CCC(n2c(=O)[nH]c3ccccc32)CC1. The van der Waals surface area contributed by atoms with Crippen molar-refractivity contribution >= 4 is 22.8 Å². The number of fused-ring (bicyclic) bond motifs is 1. The Labute approximate surface area is 150 Å². The average molecular weight is 357 g/mol. The Morgan fingerprint density at radius 1 is 1.12 bits per heavy atom. The van der Waals surface area contributed by atoms with Gasteiger partial charge in [0.2, 0.25) is 11.8 Å². The number of aromatic nitrogens is 2. The lowest BCUT2D eigenvalue weighted by Gasteiger charge is -2.34. The number of hydrogen-bond acceptors (Lipinski definition) is 4. The number of nitrogens with zero attached hydrogens (tertiary/aromatic N) is 3. The van der Waals surface area contributed by atoms with Gasteiger partial charge in [-0.1, -0.05) is 12.1 Å². The first-order chi connectivity index (χ1) is 12.6. The molecule has 2 fully saturated rings. The Bertz CT molecular complexity index is 878. The first-order valence-electron chi connectivity index (χ1n) is 9.09. The summed E-state index contributed by atoms with van der Waals surface area (Å²) in [7, 11) is 0. The van der Waals surface area contributed by atoms with E-state index in [0.717, 1.165) is 30.4 Å². The van der Waals surface area contributed by atoms with E-state index in [0.29, 0.717) is 26.2 Å². The molecule has 2 aromatic rings. The Kier molecular flexibility index (Phi) is 4.50. The highest BCUT2D eigenvalue weighted by Gasteiger charge is 2.28. The summed E-state index contributed by atoms with van der Waals surface area (Å²) in [4.78, 5) is 43.0. The summed E-state index contributed by atoms with van der Waals surface area (Å²) in [5.74, 6) is -0.0326. The van der Waals surface area contributed by atoms with Crippen molar-refractivity contribution in [3.05, 3.63) is 34.7 Å². The number of carbonyl (C=O) groups excluding carboxylic acids is 2. The van der Waals surface area contributed by atoms with Crippen LogP contribution in [-0.4, -0.2) is 70.4 Å². The number of benzene rings is 1. The molecule has 2 aliphatic heterocycles. The summed E-state index contributed by atoms with van der Waals surface area (Å²) < 4.78 is 1.82. The van der Waals surface area contributed by atoms with E-state index in [9.17, 15) is 14.4 Å². The van der Waals surface area contributed by atoms with Crippen LogP contribution >= 0.6 is 0 Å². The monoisotopic (exact) mass is 357 g/mol. The molecule has 0 unspecified atom stereocenters. The molecule has 0 bridgehead atoms. The summed E-state index contributed by atoms with van der Waals surface area (Å²) in [5, 5.41) is 3.01. The number of H-pyrrole nitrogens is 1. The van der Waals surface area contributed by atoms with Crippen LogP contribution in [0.5, 0.6) is 0 Å². The van der Waals surface area contributed by atoms with Gasteiger partial charge in [0.25, 0.3) is 0 Å². The van der Waals surface area contributed by atoms with E-state index in [1.165, 1.54) is 0 Å². The van der Waals surface area contributed by atoms with Crippen LogP contribution in [0, 0.1) is 0 Å². The summed E-state index contributed by atoms with van der Waals surface area (Å²) in [5.41, 5.74) is 1.66. The number of hydrogen-bond donors (Lipinski definition) is 2. The lowest BCUT2D eigenvalue weighted by Crippen LogP contribution is -2.52. The zero-order chi connectivity index (χ0) is 18.1. The Hall–Kier alpha value is -2.61. The van der Waals surface area contributed by atoms with Gasteiger partial charge in [0.05, 0.1) is 24.1 Å². The lowest BCUT2D eigenvalue weighted by atomic mass is 10.0. The van der Waals surface area contributed by atoms with Gasteiger partial charge in [0.15, 0.2) is 0 Å². The van der Waals surface area contributed by atoms with Crippen LogP contribution in [0.3, 0.4) is 0 Å². The van der Waals surface area contributed by atoms with Gasteiger partial charge < -0.3 is 20.1 Å². The number of amides is 2. The molecule has 0 aliphatic carbocycles. The van der Waals surface area contributed by atoms with Crippen LogP contribution in [0.1, 0.15) is 18.9 Å². The quantitative estimate of drug-likeness (QED) is 0.804. The fourth-order valence-electron chi connectivity index (χ4n) is 3.89. The minimum Gasteiger partial charge on any atom is -0.341 e. The molecule has 0 atom stereocenters. The highest BCUT2D eigenvalue weighted by atomic mass is 16.2. The predicted octanol–water partition coefficient (Wildman–Crippen LogP) is -0.0751. The van der Waals surface area contributed by atoms with Gasteiger partial charge >= 0.3 is 5.69 Å². The van der Waals surface area contributed by atoms with Crippen molar-refractivity contribution in [1.82, 2.24) is 24.7 Å². The number of carbonyl (C=O) groups is 2. The summed E-state index contributed by atoms with van der Waals surface area (Å²) in [6.45, 7) is 2.97. The number of rotatable bonds is 3. The third-order valence-corrected chi connectivity index (χ3v) is 5.32. The normalized spacial score (nSPS) is 19.3. The van der Waals surface area contributed by atoms with Crippen LogP contribution in [-0.2, 0) is 9.59 Å². The summed E-state index contributed by atoms with van der Waals surface area (Å²) >= 11 is 0. The van der Waals surface area contributed by atoms with Crippen molar-refractivity contribution < 1.29 is 9.59 Å². The fourth-order valence-corrected chi connectivity index (χ4v) is 3.89. The fraction of sp³-hybridized carbons (Fsp3) is 0.500. The number of aromatic amines is 1. The Morgan fingerprint density at radius 3 is 2.65 bits per heavy atom. The van der Waals surface area contributed by atoms with Gasteiger partial charge in [-0.2, -0.15) is 0 Å². The van der Waals surface area contributed by atoms with Crippen molar-refractivity contribution in [1.29, 1.82) is 0 Å². The molecule has 1 aromatic heterocycles. The molecule has 1 aromatic carbocycles. The van der Waals surface area contributed by atoms with E-state index in [4.69, 9.17) is 0 Å². The summed E-state index contributed by atoms with van der Waals surface area (Å²) in [6, 6.07) is 7.76. The predicted molar refractivity (Wildman–Crippen MR) is 96.9 cm³/mol. The number of likely N-dealkylation sites (tertiary alicyclic amines) is 1. The second kappa shape index (κ2) is 6.95. The second-order valence-electron chi connectivity index (χ2n) is 6.92. The maximum atomic E-state index is 12.5. The second-order valence-corrected chi connectivity index (χ2v) is 6.92. The molecule has 2 aliphatic rings. The number of imidazole rings is 1. The molecular formula is C18H23N5O3. The van der Waals surface area contributed by atoms with Crippen molar-refractivity contribution in [2.45, 2.75) is 18.9 Å². The van der Waals surface area contributed by atoms with E-state index < -0.39 is 0 Å². The van der Waals surface area contributed by atoms with Crippen molar-refractivity contribution in [2.24, 2.45) is 0 Å². The van der Waals surface area contributed by atoms with E-state index in [1.54, 1.807) is 4.90 Å². The number of para-hydroxylation sites is 2. The molecule has 0 saturated carbocycles. The van der Waals surface area contributed by atoms with Gasteiger partial charge in [-0.15, -0.1) is 0 Å². The molecule has 138 valence electrons. The lowest BCUT2D eigenvalue weighted by molar-refractivity contribution is -0.141. The zero-order valence-corrected chi connectivity index (χ0v) is 14.6. The number of nitrogens with one attached hydrogen (secondary N) is 2. The van der Waals surface area contributed by atoms with Crippen LogP contribution in [0.25, 0.3) is 11.0 Å². The number of piperazine rings is 1. The molecule has 8 nitrogen and oxygen atoms in total. The molecule has 2 saturated heterocycles. The van der Waals surface area contributed by atoms with Gasteiger partial charge in [-0.25, -0.2) is 4.79 Å². The van der Waals surface area contributed by atoms with Crippen LogP contribution < -0.4 is 11.0 Å². The van der Waals surface area contributed by atoms with Crippen LogP contribution in [0.15, 0.2) is 29.1 Å². The largest absolute Gasteiger partial charge is 0.341 e. The van der Waals surface area contributed by atoms with Crippen molar-refractivity contribution in [3.63, 3.8) is 0 Å². The maximum absolute atomic E-state index is 12.5. The minimum absolute atomic E-state index is 0.00928. The van der Waals surface area contributed by atoms with Gasteiger partial charge in [0, 0.05) is 32.2 Å². The van der Waals surface area contributed by atoms with Crippen LogP contribution in [0.4, 0.5) is 0 Å². The van der Waals surface area contributed by atoms with E-state index in [-0.39, 0.29) is 30.1 Å². The van der Waals surface area contributed by atoms with E-state index >= 15 is 0 Å². The average Bonchev–Trinajstić information content (AvgIpc) is 2.99. The van der Waals surface area contributed by atoms with E-state index in [2.05, 4.69) is 10.3 Å². The Balaban J connectivity index is 1.40. The molecule has 4 rings (SSSR count). The third-order valence-electron chi connectivity index (χ3n) is 5.32. The molecule has 26 heavy (non-hydrogen) atoms. The van der Waals surface area contributed by atoms with Crippen LogP contribution in [0.2, 0.25) is 0 Å². The molecule has 2 amide bonds. The third kappa shape index (κ3) is 3.12. The zero-order valence-electron chi connectivity index (χ0n) is 14.6. The first-order valence-corrected chi connectivity index (χ1v) is 9.09. The van der Waals surface area contributed by atoms with Gasteiger partial charge in [-0.05, 0) is 25.0 Å². The Morgan fingerprint density at radius 2 is 1.88 bits per heavy atom. The minimum atomic E-state index is -0.0950. The molecule has 2 N–H and O–H groups in total. The van der Waals surface area contributed by atoms with Gasteiger partial charge in [-0.3, -0.25) is 14.2 Å².